The van der Waals surface area contributed by atoms with Gasteiger partial charge in [-0.2, -0.15) is 0 Å². The molecule has 88 valence electrons. The number of aromatic nitrogens is 2. The highest BCUT2D eigenvalue weighted by Gasteiger charge is 1.98. The van der Waals surface area contributed by atoms with Crippen molar-refractivity contribution in [2.24, 2.45) is 0 Å². The Hall–Kier alpha value is -1.46. The minimum Gasteiger partial charge on any atom is -0.392 e. The van der Waals surface area contributed by atoms with E-state index in [2.05, 4.69) is 31.2 Å². The van der Waals surface area contributed by atoms with Crippen molar-refractivity contribution >= 4 is 21.9 Å². The minimum atomic E-state index is 0.0582. The average Bonchev–Trinajstić information content (AvgIpc) is 2.38. The lowest BCUT2D eigenvalue weighted by Gasteiger charge is -2.05. The van der Waals surface area contributed by atoms with Crippen LogP contribution in [0, 0.1) is 0 Å². The van der Waals surface area contributed by atoms with Gasteiger partial charge in [-0.15, -0.1) is 0 Å². The van der Waals surface area contributed by atoms with Gasteiger partial charge in [-0.05, 0) is 27.1 Å². The summed E-state index contributed by atoms with van der Waals surface area (Å²) in [5.41, 5.74) is 1.99. The van der Waals surface area contributed by atoms with Gasteiger partial charge in [0.05, 0.1) is 11.1 Å². The standard InChI is InChI=1S/C12H12BrN3O/c13-11-6-15-12(16-7-11)14-5-9-2-1-3-10(4-9)8-17/h1-4,6-7,17H,5,8H2,(H,14,15,16). The van der Waals surface area contributed by atoms with Crippen molar-refractivity contribution in [3.63, 3.8) is 0 Å². The summed E-state index contributed by atoms with van der Waals surface area (Å²) in [5, 5.41) is 12.1. The van der Waals surface area contributed by atoms with E-state index in [0.717, 1.165) is 15.6 Å². The van der Waals surface area contributed by atoms with Gasteiger partial charge in [0, 0.05) is 18.9 Å². The van der Waals surface area contributed by atoms with Crippen molar-refractivity contribution < 1.29 is 5.11 Å². The van der Waals surface area contributed by atoms with Crippen LogP contribution < -0.4 is 5.32 Å². The van der Waals surface area contributed by atoms with E-state index in [0.29, 0.717) is 12.5 Å². The fourth-order valence-corrected chi connectivity index (χ4v) is 1.63. The monoisotopic (exact) mass is 293 g/mol. The highest BCUT2D eigenvalue weighted by atomic mass is 79.9. The van der Waals surface area contributed by atoms with Crippen molar-refractivity contribution in [3.05, 3.63) is 52.3 Å². The summed E-state index contributed by atoms with van der Waals surface area (Å²) in [6, 6.07) is 7.75. The van der Waals surface area contributed by atoms with Crippen molar-refractivity contribution in [1.29, 1.82) is 0 Å². The Labute approximate surface area is 108 Å². The number of rotatable bonds is 4. The van der Waals surface area contributed by atoms with Crippen molar-refractivity contribution in [3.8, 4) is 0 Å². The molecule has 0 radical (unpaired) electrons. The Morgan fingerprint density at radius 3 is 2.59 bits per heavy atom. The van der Waals surface area contributed by atoms with Gasteiger partial charge in [-0.25, -0.2) is 9.97 Å². The first-order valence-electron chi connectivity index (χ1n) is 5.18. The molecule has 0 saturated heterocycles. The molecule has 0 amide bonds. The first-order chi connectivity index (χ1) is 8.28. The normalized spacial score (nSPS) is 10.2. The molecule has 0 saturated carbocycles. The average molecular weight is 294 g/mol. The van der Waals surface area contributed by atoms with Gasteiger partial charge in [0.2, 0.25) is 5.95 Å². The van der Waals surface area contributed by atoms with E-state index >= 15 is 0 Å². The van der Waals surface area contributed by atoms with E-state index in [1.54, 1.807) is 12.4 Å². The third-order valence-corrected chi connectivity index (χ3v) is 2.65. The van der Waals surface area contributed by atoms with Crippen LogP contribution in [-0.4, -0.2) is 15.1 Å². The van der Waals surface area contributed by atoms with E-state index in [1.807, 2.05) is 24.3 Å². The second-order valence-corrected chi connectivity index (χ2v) is 4.47. The second-order valence-electron chi connectivity index (χ2n) is 3.56. The Bertz CT molecular complexity index is 487. The molecular formula is C12H12BrN3O. The smallest absolute Gasteiger partial charge is 0.222 e. The van der Waals surface area contributed by atoms with Gasteiger partial charge >= 0.3 is 0 Å². The SMILES string of the molecule is OCc1cccc(CNc2ncc(Br)cn2)c1. The topological polar surface area (TPSA) is 58.0 Å². The summed E-state index contributed by atoms with van der Waals surface area (Å²) >= 11 is 3.28. The number of aliphatic hydroxyl groups excluding tert-OH is 1. The fourth-order valence-electron chi connectivity index (χ4n) is 1.42. The van der Waals surface area contributed by atoms with Crippen LogP contribution in [0.3, 0.4) is 0 Å². The molecule has 1 aromatic carbocycles. The second kappa shape index (κ2) is 5.75. The van der Waals surface area contributed by atoms with Crippen molar-refractivity contribution in [2.75, 3.05) is 5.32 Å². The van der Waals surface area contributed by atoms with Crippen LogP contribution in [0.5, 0.6) is 0 Å². The van der Waals surface area contributed by atoms with Crippen LogP contribution in [0.25, 0.3) is 0 Å². The van der Waals surface area contributed by atoms with Gasteiger partial charge in [-0.3, -0.25) is 0 Å². The molecule has 2 aromatic rings. The first-order valence-corrected chi connectivity index (χ1v) is 5.97. The maximum Gasteiger partial charge on any atom is 0.222 e. The molecule has 0 unspecified atom stereocenters. The molecule has 5 heteroatoms. The number of hydrogen-bond donors (Lipinski definition) is 2. The van der Waals surface area contributed by atoms with Crippen LogP contribution in [0.4, 0.5) is 5.95 Å². The zero-order chi connectivity index (χ0) is 12.1. The van der Waals surface area contributed by atoms with Gasteiger partial charge in [0.25, 0.3) is 0 Å². The Morgan fingerprint density at radius 2 is 1.88 bits per heavy atom. The Morgan fingerprint density at radius 1 is 1.18 bits per heavy atom. The minimum absolute atomic E-state index is 0.0582. The number of nitrogens with one attached hydrogen (secondary N) is 1. The fraction of sp³-hybridized carbons (Fsp3) is 0.167. The number of anilines is 1. The quantitative estimate of drug-likeness (QED) is 0.908. The lowest BCUT2D eigenvalue weighted by molar-refractivity contribution is 0.281. The molecule has 17 heavy (non-hydrogen) atoms. The molecule has 1 heterocycles. The van der Waals surface area contributed by atoms with Crippen LogP contribution in [-0.2, 0) is 13.2 Å². The molecule has 0 aliphatic carbocycles. The third kappa shape index (κ3) is 3.51. The van der Waals surface area contributed by atoms with E-state index in [-0.39, 0.29) is 6.61 Å². The highest BCUT2D eigenvalue weighted by molar-refractivity contribution is 9.10. The first kappa shape index (κ1) is 12.0. The zero-order valence-electron chi connectivity index (χ0n) is 9.10. The molecule has 2 N–H and O–H groups in total. The number of nitrogens with zero attached hydrogens (tertiary/aromatic N) is 2. The van der Waals surface area contributed by atoms with Crippen molar-refractivity contribution in [1.82, 2.24) is 9.97 Å². The molecule has 4 nitrogen and oxygen atoms in total. The van der Waals surface area contributed by atoms with Crippen LogP contribution in [0.15, 0.2) is 41.1 Å². The van der Waals surface area contributed by atoms with Crippen LogP contribution in [0.2, 0.25) is 0 Å². The Kier molecular flexibility index (Phi) is 4.06. The van der Waals surface area contributed by atoms with Crippen LogP contribution >= 0.6 is 15.9 Å². The Balaban J connectivity index is 1.99. The lowest BCUT2D eigenvalue weighted by atomic mass is 10.1. The van der Waals surface area contributed by atoms with E-state index in [9.17, 15) is 0 Å². The molecule has 0 atom stereocenters. The molecule has 0 aliphatic rings. The molecule has 0 fully saturated rings. The molecule has 1 aromatic heterocycles. The summed E-state index contributed by atoms with van der Waals surface area (Å²) in [6.45, 7) is 0.693. The largest absolute Gasteiger partial charge is 0.392 e. The van der Waals surface area contributed by atoms with Gasteiger partial charge in [0.15, 0.2) is 0 Å². The maximum absolute atomic E-state index is 9.03. The molecule has 0 bridgehead atoms. The summed E-state index contributed by atoms with van der Waals surface area (Å²) in [6.07, 6.45) is 3.39. The molecular weight excluding hydrogens is 282 g/mol. The van der Waals surface area contributed by atoms with E-state index in [4.69, 9.17) is 5.11 Å². The number of halogens is 1. The van der Waals surface area contributed by atoms with Crippen LogP contribution in [0.1, 0.15) is 11.1 Å². The van der Waals surface area contributed by atoms with E-state index < -0.39 is 0 Å². The molecule has 0 aliphatic heterocycles. The predicted octanol–water partition coefficient (Wildman–Crippen LogP) is 2.34. The predicted molar refractivity (Wildman–Crippen MR) is 69.4 cm³/mol. The summed E-state index contributed by atoms with van der Waals surface area (Å²) in [5.74, 6) is 0.586. The third-order valence-electron chi connectivity index (χ3n) is 2.24. The van der Waals surface area contributed by atoms with Gasteiger partial charge in [0.1, 0.15) is 0 Å². The van der Waals surface area contributed by atoms with Gasteiger partial charge < -0.3 is 10.4 Å². The summed E-state index contributed by atoms with van der Waals surface area (Å²) in [7, 11) is 0. The molecule has 2 rings (SSSR count). The highest BCUT2D eigenvalue weighted by Crippen LogP contribution is 2.09. The summed E-state index contributed by atoms with van der Waals surface area (Å²) < 4.78 is 0.852. The number of hydrogen-bond acceptors (Lipinski definition) is 4. The lowest BCUT2D eigenvalue weighted by Crippen LogP contribution is -2.03. The molecule has 0 spiro atoms. The van der Waals surface area contributed by atoms with E-state index in [1.165, 1.54) is 0 Å². The van der Waals surface area contributed by atoms with Gasteiger partial charge in [-0.1, -0.05) is 24.3 Å². The number of aliphatic hydroxyl groups is 1. The summed E-state index contributed by atoms with van der Waals surface area (Å²) in [4.78, 5) is 8.23. The zero-order valence-corrected chi connectivity index (χ0v) is 10.7. The number of benzene rings is 1. The van der Waals surface area contributed by atoms with Crippen molar-refractivity contribution in [2.45, 2.75) is 13.2 Å². The maximum atomic E-state index is 9.03.